The number of thioether (sulfide) groups is 1. The number of carbonyl (C=O) groups excluding carboxylic acids is 1. The SMILES string of the molecule is Cc1ccc(CN(C)C(=O)CC2CSCCN2)s1.Cl. The van der Waals surface area contributed by atoms with Crippen LogP contribution in [-0.2, 0) is 11.3 Å². The average molecular weight is 321 g/mol. The van der Waals surface area contributed by atoms with Gasteiger partial charge in [-0.15, -0.1) is 23.7 Å². The van der Waals surface area contributed by atoms with Gasteiger partial charge in [-0.2, -0.15) is 11.8 Å². The molecule has 0 saturated carbocycles. The van der Waals surface area contributed by atoms with Gasteiger partial charge in [-0.05, 0) is 19.1 Å². The maximum atomic E-state index is 12.1. The maximum Gasteiger partial charge on any atom is 0.224 e. The molecule has 1 amide bonds. The molecule has 1 fully saturated rings. The van der Waals surface area contributed by atoms with Gasteiger partial charge in [-0.1, -0.05) is 0 Å². The summed E-state index contributed by atoms with van der Waals surface area (Å²) in [6, 6.07) is 4.57. The molecule has 1 aromatic rings. The normalized spacial score (nSPS) is 18.7. The van der Waals surface area contributed by atoms with Crippen molar-refractivity contribution in [2.45, 2.75) is 25.9 Å². The van der Waals surface area contributed by atoms with Crippen molar-refractivity contribution in [3.05, 3.63) is 21.9 Å². The molecule has 0 aliphatic carbocycles. The molecular formula is C13H21ClN2OS2. The largest absolute Gasteiger partial charge is 0.341 e. The Morgan fingerprint density at radius 3 is 2.89 bits per heavy atom. The summed E-state index contributed by atoms with van der Waals surface area (Å²) in [6.07, 6.45) is 0.619. The van der Waals surface area contributed by atoms with E-state index in [9.17, 15) is 4.79 Å². The van der Waals surface area contributed by atoms with Crippen molar-refractivity contribution in [2.24, 2.45) is 0 Å². The van der Waals surface area contributed by atoms with E-state index in [4.69, 9.17) is 0 Å². The van der Waals surface area contributed by atoms with Crippen molar-refractivity contribution in [3.8, 4) is 0 Å². The Hall–Kier alpha value is -0.230. The van der Waals surface area contributed by atoms with E-state index in [1.807, 2.05) is 23.7 Å². The van der Waals surface area contributed by atoms with Gasteiger partial charge in [-0.25, -0.2) is 0 Å². The fourth-order valence-corrected chi connectivity index (χ4v) is 3.90. The fourth-order valence-electron chi connectivity index (χ4n) is 2.01. The Morgan fingerprint density at radius 2 is 2.32 bits per heavy atom. The number of nitrogens with one attached hydrogen (secondary N) is 1. The van der Waals surface area contributed by atoms with Crippen LogP contribution in [0.3, 0.4) is 0 Å². The van der Waals surface area contributed by atoms with Crippen LogP contribution < -0.4 is 5.32 Å². The highest BCUT2D eigenvalue weighted by Gasteiger charge is 2.19. The molecule has 2 heterocycles. The molecule has 0 radical (unpaired) electrons. The van der Waals surface area contributed by atoms with Crippen molar-refractivity contribution in [1.29, 1.82) is 0 Å². The van der Waals surface area contributed by atoms with E-state index >= 15 is 0 Å². The highest BCUT2D eigenvalue weighted by atomic mass is 35.5. The number of hydrogen-bond acceptors (Lipinski definition) is 4. The predicted octanol–water partition coefficient (Wildman–Crippen LogP) is 2.53. The maximum absolute atomic E-state index is 12.1. The quantitative estimate of drug-likeness (QED) is 0.925. The molecule has 1 aromatic heterocycles. The second kappa shape index (κ2) is 8.15. The number of carbonyl (C=O) groups is 1. The summed E-state index contributed by atoms with van der Waals surface area (Å²) in [5.41, 5.74) is 0. The molecule has 2 rings (SSSR count). The Bertz CT molecular complexity index is 405. The third kappa shape index (κ3) is 5.34. The molecule has 6 heteroatoms. The van der Waals surface area contributed by atoms with Crippen LogP contribution in [-0.4, -0.2) is 41.9 Å². The standard InChI is InChI=1S/C13H20N2OS2.ClH/c1-10-3-4-12(18-10)8-15(2)13(16)7-11-9-17-6-5-14-11;/h3-4,11,14H,5-9H2,1-2H3;1H. The highest BCUT2D eigenvalue weighted by molar-refractivity contribution is 7.99. The van der Waals surface area contributed by atoms with Crippen molar-refractivity contribution in [3.63, 3.8) is 0 Å². The Balaban J connectivity index is 0.00000180. The van der Waals surface area contributed by atoms with Gasteiger partial charge in [0.05, 0.1) is 6.54 Å². The zero-order valence-corrected chi connectivity index (χ0v) is 13.8. The Morgan fingerprint density at radius 1 is 1.53 bits per heavy atom. The first-order chi connectivity index (χ1) is 8.65. The zero-order valence-electron chi connectivity index (χ0n) is 11.3. The van der Waals surface area contributed by atoms with Crippen LogP contribution in [0.15, 0.2) is 12.1 Å². The van der Waals surface area contributed by atoms with Gasteiger partial charge >= 0.3 is 0 Å². The van der Waals surface area contributed by atoms with E-state index < -0.39 is 0 Å². The number of thiophene rings is 1. The molecule has 1 aliphatic heterocycles. The minimum atomic E-state index is 0. The smallest absolute Gasteiger partial charge is 0.224 e. The number of halogens is 1. The van der Waals surface area contributed by atoms with Crippen molar-refractivity contribution >= 4 is 41.4 Å². The van der Waals surface area contributed by atoms with Gasteiger partial charge in [0, 0.05) is 47.3 Å². The van der Waals surface area contributed by atoms with E-state index in [0.29, 0.717) is 12.5 Å². The van der Waals surface area contributed by atoms with Gasteiger partial charge in [0.15, 0.2) is 0 Å². The minimum absolute atomic E-state index is 0. The number of nitrogens with zero attached hydrogens (tertiary/aromatic N) is 1. The predicted molar refractivity (Wildman–Crippen MR) is 86.5 cm³/mol. The summed E-state index contributed by atoms with van der Waals surface area (Å²) >= 11 is 3.70. The first-order valence-electron chi connectivity index (χ1n) is 6.25. The fraction of sp³-hybridized carbons (Fsp3) is 0.615. The Kier molecular flexibility index (Phi) is 7.21. The summed E-state index contributed by atoms with van der Waals surface area (Å²) in [5.74, 6) is 2.45. The highest BCUT2D eigenvalue weighted by Crippen LogP contribution is 2.17. The van der Waals surface area contributed by atoms with Crippen molar-refractivity contribution in [2.75, 3.05) is 25.1 Å². The number of amides is 1. The van der Waals surface area contributed by atoms with E-state index in [2.05, 4.69) is 24.4 Å². The average Bonchev–Trinajstić information content (AvgIpc) is 2.76. The number of aryl methyl sites for hydroxylation is 1. The van der Waals surface area contributed by atoms with Gasteiger partial charge in [0.1, 0.15) is 0 Å². The molecule has 1 N–H and O–H groups in total. The lowest BCUT2D eigenvalue weighted by atomic mass is 10.2. The second-order valence-corrected chi connectivity index (χ2v) is 7.21. The lowest BCUT2D eigenvalue weighted by Gasteiger charge is -2.25. The van der Waals surface area contributed by atoms with E-state index in [0.717, 1.165) is 24.6 Å². The van der Waals surface area contributed by atoms with Gasteiger partial charge in [0.25, 0.3) is 0 Å². The van der Waals surface area contributed by atoms with Crippen LogP contribution in [0.2, 0.25) is 0 Å². The molecule has 108 valence electrons. The molecule has 1 saturated heterocycles. The van der Waals surface area contributed by atoms with Crippen molar-refractivity contribution < 1.29 is 4.79 Å². The van der Waals surface area contributed by atoms with Gasteiger partial charge in [0.2, 0.25) is 5.91 Å². The first-order valence-corrected chi connectivity index (χ1v) is 8.22. The summed E-state index contributed by atoms with van der Waals surface area (Å²) in [5, 5.41) is 3.41. The summed E-state index contributed by atoms with van der Waals surface area (Å²) in [4.78, 5) is 16.5. The van der Waals surface area contributed by atoms with E-state index in [1.54, 1.807) is 11.3 Å². The Labute approximate surface area is 129 Å². The van der Waals surface area contributed by atoms with Crippen LogP contribution in [0.5, 0.6) is 0 Å². The molecule has 0 spiro atoms. The molecule has 0 bridgehead atoms. The lowest BCUT2D eigenvalue weighted by Crippen LogP contribution is -2.41. The zero-order chi connectivity index (χ0) is 13.0. The van der Waals surface area contributed by atoms with E-state index in [1.165, 1.54) is 9.75 Å². The topological polar surface area (TPSA) is 32.3 Å². The van der Waals surface area contributed by atoms with Crippen LogP contribution in [0, 0.1) is 6.92 Å². The second-order valence-electron chi connectivity index (χ2n) is 4.69. The molecule has 3 nitrogen and oxygen atoms in total. The molecule has 1 atom stereocenters. The van der Waals surface area contributed by atoms with Crippen LogP contribution in [0.1, 0.15) is 16.2 Å². The van der Waals surface area contributed by atoms with Gasteiger partial charge in [-0.3, -0.25) is 4.79 Å². The molecular weight excluding hydrogens is 300 g/mol. The van der Waals surface area contributed by atoms with Crippen LogP contribution in [0.4, 0.5) is 0 Å². The van der Waals surface area contributed by atoms with Crippen LogP contribution >= 0.6 is 35.5 Å². The van der Waals surface area contributed by atoms with Gasteiger partial charge < -0.3 is 10.2 Å². The minimum Gasteiger partial charge on any atom is -0.341 e. The third-order valence-electron chi connectivity index (χ3n) is 3.03. The number of rotatable bonds is 4. The monoisotopic (exact) mass is 320 g/mol. The lowest BCUT2D eigenvalue weighted by molar-refractivity contribution is -0.130. The number of hydrogen-bond donors (Lipinski definition) is 1. The third-order valence-corrected chi connectivity index (χ3v) is 5.15. The van der Waals surface area contributed by atoms with E-state index in [-0.39, 0.29) is 18.3 Å². The molecule has 19 heavy (non-hydrogen) atoms. The first kappa shape index (κ1) is 16.8. The van der Waals surface area contributed by atoms with Crippen molar-refractivity contribution in [1.82, 2.24) is 10.2 Å². The summed E-state index contributed by atoms with van der Waals surface area (Å²) in [7, 11) is 1.90. The summed E-state index contributed by atoms with van der Waals surface area (Å²) in [6.45, 7) is 3.85. The molecule has 0 aromatic carbocycles. The van der Waals surface area contributed by atoms with Crippen LogP contribution in [0.25, 0.3) is 0 Å². The summed E-state index contributed by atoms with van der Waals surface area (Å²) < 4.78 is 0. The molecule has 1 unspecified atom stereocenters. The molecule has 1 aliphatic rings.